The third-order valence-corrected chi connectivity index (χ3v) is 6.85. The first-order chi connectivity index (χ1) is 17.2. The van der Waals surface area contributed by atoms with Crippen molar-refractivity contribution in [3.8, 4) is 22.3 Å². The van der Waals surface area contributed by atoms with Gasteiger partial charge in [0, 0.05) is 11.1 Å². The zero-order valence-corrected chi connectivity index (χ0v) is 18.6. The summed E-state index contributed by atoms with van der Waals surface area (Å²) in [4.78, 5) is 0. The Hall–Kier alpha value is -4.03. The summed E-state index contributed by atoms with van der Waals surface area (Å²) in [5.74, 6) is -4.00. The van der Waals surface area contributed by atoms with E-state index in [1.807, 2.05) is 0 Å². The highest BCUT2D eigenvalue weighted by Crippen LogP contribution is 2.55. The van der Waals surface area contributed by atoms with Gasteiger partial charge in [0.25, 0.3) is 5.60 Å². The van der Waals surface area contributed by atoms with E-state index in [1.54, 1.807) is 72.8 Å². The largest absolute Gasteiger partial charge is 0.430 e. The number of aliphatic hydroxyl groups is 1. The molecule has 4 aromatic rings. The maximum atomic E-state index is 16.3. The van der Waals surface area contributed by atoms with Gasteiger partial charge in [0.15, 0.2) is 11.7 Å². The second-order valence-corrected chi connectivity index (χ2v) is 8.77. The summed E-state index contributed by atoms with van der Waals surface area (Å²) in [7, 11) is 0. The van der Waals surface area contributed by atoms with E-state index in [9.17, 15) is 18.3 Å². The lowest BCUT2D eigenvalue weighted by molar-refractivity contribution is -0.239. The van der Waals surface area contributed by atoms with E-state index in [-0.39, 0.29) is 22.3 Å². The highest BCUT2D eigenvalue weighted by atomic mass is 19.4. The Morgan fingerprint density at radius 1 is 0.444 bits per heavy atom. The summed E-state index contributed by atoms with van der Waals surface area (Å²) < 4.78 is 76.5. The monoisotopic (exact) mass is 488 g/mol. The minimum absolute atomic E-state index is 0.156. The fourth-order valence-corrected chi connectivity index (χ4v) is 5.21. The minimum Gasteiger partial charge on any atom is -0.369 e. The molecule has 1 nitrogen and oxygen atoms in total. The molecule has 0 saturated carbocycles. The molecule has 4 aromatic carbocycles. The van der Waals surface area contributed by atoms with Crippen LogP contribution in [0.1, 0.15) is 22.3 Å². The summed E-state index contributed by atoms with van der Waals surface area (Å²) in [6.07, 6.45) is -5.69. The molecule has 0 aromatic heterocycles. The maximum absolute atomic E-state index is 16.3. The smallest absolute Gasteiger partial charge is 0.369 e. The molecule has 6 rings (SSSR count). The van der Waals surface area contributed by atoms with E-state index in [2.05, 4.69) is 0 Å². The molecule has 0 heterocycles. The number of halogens is 5. The third kappa shape index (κ3) is 2.91. The van der Waals surface area contributed by atoms with E-state index in [1.165, 1.54) is 24.3 Å². The molecule has 36 heavy (non-hydrogen) atoms. The van der Waals surface area contributed by atoms with E-state index >= 15 is 8.78 Å². The highest BCUT2D eigenvalue weighted by Gasteiger charge is 2.63. The van der Waals surface area contributed by atoms with Gasteiger partial charge in [0.2, 0.25) is 0 Å². The first-order valence-corrected chi connectivity index (χ1v) is 11.2. The predicted octanol–water partition coefficient (Wildman–Crippen LogP) is 8.10. The van der Waals surface area contributed by atoms with Crippen molar-refractivity contribution in [2.24, 2.45) is 0 Å². The van der Waals surface area contributed by atoms with Gasteiger partial charge in [-0.15, -0.1) is 0 Å². The van der Waals surface area contributed by atoms with Crippen LogP contribution in [-0.2, 0) is 0 Å². The van der Waals surface area contributed by atoms with Crippen LogP contribution >= 0.6 is 0 Å². The number of hydrogen-bond acceptors (Lipinski definition) is 1. The average Bonchev–Trinajstić information content (AvgIpc) is 3.40. The lowest BCUT2D eigenvalue weighted by atomic mass is 9.87. The van der Waals surface area contributed by atoms with Crippen LogP contribution in [0.15, 0.2) is 109 Å². The highest BCUT2D eigenvalue weighted by molar-refractivity contribution is 6.04. The molecular formula is C30H17F5O. The number of hydrogen-bond donors (Lipinski definition) is 1. The molecule has 0 saturated heterocycles. The summed E-state index contributed by atoms with van der Waals surface area (Å²) >= 11 is 0. The summed E-state index contributed by atoms with van der Waals surface area (Å²) in [5.41, 5.74) is -2.81. The van der Waals surface area contributed by atoms with Crippen molar-refractivity contribution in [1.82, 2.24) is 0 Å². The van der Waals surface area contributed by atoms with Gasteiger partial charge in [-0.3, -0.25) is 0 Å². The van der Waals surface area contributed by atoms with Crippen LogP contribution in [0.4, 0.5) is 22.0 Å². The normalized spacial score (nSPS) is 13.7. The molecule has 0 amide bonds. The van der Waals surface area contributed by atoms with Crippen LogP contribution in [-0.4, -0.2) is 16.9 Å². The van der Waals surface area contributed by atoms with Crippen molar-refractivity contribution in [2.75, 3.05) is 0 Å². The second-order valence-electron chi connectivity index (χ2n) is 8.77. The number of alkyl halides is 3. The van der Waals surface area contributed by atoms with Crippen molar-refractivity contribution in [2.45, 2.75) is 11.8 Å². The van der Waals surface area contributed by atoms with Gasteiger partial charge in [0.05, 0.1) is 0 Å². The Morgan fingerprint density at radius 2 is 0.667 bits per heavy atom. The molecule has 0 fully saturated rings. The van der Waals surface area contributed by atoms with Crippen molar-refractivity contribution >= 4 is 11.1 Å². The van der Waals surface area contributed by atoms with Crippen LogP contribution in [0, 0.1) is 0 Å². The zero-order valence-electron chi connectivity index (χ0n) is 18.6. The van der Waals surface area contributed by atoms with Gasteiger partial charge in [0.1, 0.15) is 0 Å². The molecule has 1 N–H and O–H groups in total. The zero-order chi connectivity index (χ0) is 25.2. The topological polar surface area (TPSA) is 20.2 Å². The summed E-state index contributed by atoms with van der Waals surface area (Å²) in [6, 6.07) is 25.4. The Morgan fingerprint density at radius 3 is 0.889 bits per heavy atom. The summed E-state index contributed by atoms with van der Waals surface area (Å²) in [5, 5.41) is 11.1. The van der Waals surface area contributed by atoms with E-state index in [0.29, 0.717) is 22.3 Å². The number of benzene rings is 4. The molecule has 178 valence electrons. The molecule has 0 atom stereocenters. The minimum atomic E-state index is -5.69. The van der Waals surface area contributed by atoms with Crippen molar-refractivity contribution in [3.63, 3.8) is 0 Å². The predicted molar refractivity (Wildman–Crippen MR) is 129 cm³/mol. The Labute approximate surface area is 203 Å². The van der Waals surface area contributed by atoms with Gasteiger partial charge in [-0.25, -0.2) is 8.78 Å². The molecule has 0 spiro atoms. The van der Waals surface area contributed by atoms with Gasteiger partial charge >= 0.3 is 6.18 Å². The fourth-order valence-electron chi connectivity index (χ4n) is 5.21. The fraction of sp³-hybridized carbons (Fsp3) is 0.0667. The van der Waals surface area contributed by atoms with Crippen LogP contribution in [0.5, 0.6) is 0 Å². The maximum Gasteiger partial charge on any atom is 0.430 e. The van der Waals surface area contributed by atoms with Gasteiger partial charge in [-0.1, -0.05) is 97.1 Å². The standard InChI is InChI=1S/C30H17F5O/c31-27(25-21-13-5-1-9-17(21)18-10-2-6-14-22(18)25)29(36,30(33,34)35)28(32)26-23-15-7-3-11-19(23)20-12-4-8-16-24(20)26/h1-16,36H. The lowest BCUT2D eigenvalue weighted by Gasteiger charge is -2.30. The third-order valence-electron chi connectivity index (χ3n) is 6.85. The lowest BCUT2D eigenvalue weighted by Crippen LogP contribution is -2.47. The van der Waals surface area contributed by atoms with Crippen LogP contribution in [0.2, 0.25) is 0 Å². The molecule has 0 unspecified atom stereocenters. The first-order valence-electron chi connectivity index (χ1n) is 11.2. The number of fused-ring (bicyclic) bond motifs is 6. The number of rotatable bonds is 2. The molecule has 2 aliphatic rings. The molecule has 2 aliphatic carbocycles. The van der Waals surface area contributed by atoms with Crippen LogP contribution < -0.4 is 0 Å². The molecule has 0 bridgehead atoms. The van der Waals surface area contributed by atoms with Crippen molar-refractivity contribution in [1.29, 1.82) is 0 Å². The molecule has 0 aliphatic heterocycles. The Balaban J connectivity index is 1.70. The van der Waals surface area contributed by atoms with E-state index < -0.39 is 34.6 Å². The molecule has 0 radical (unpaired) electrons. The Bertz CT molecular complexity index is 1400. The van der Waals surface area contributed by atoms with Crippen molar-refractivity contribution < 1.29 is 27.1 Å². The van der Waals surface area contributed by atoms with E-state index in [0.717, 1.165) is 0 Å². The van der Waals surface area contributed by atoms with Gasteiger partial charge in [-0.2, -0.15) is 13.2 Å². The average molecular weight is 488 g/mol. The van der Waals surface area contributed by atoms with Crippen LogP contribution in [0.3, 0.4) is 0 Å². The SMILES string of the molecule is OC(C(F)=C1c2ccccc2-c2ccccc21)(C(F)=C1c2ccccc2-c2ccccc21)C(F)(F)F. The first kappa shape index (κ1) is 22.4. The molecular weight excluding hydrogens is 471 g/mol. The second kappa shape index (κ2) is 7.73. The van der Waals surface area contributed by atoms with E-state index in [4.69, 9.17) is 0 Å². The van der Waals surface area contributed by atoms with Gasteiger partial charge < -0.3 is 5.11 Å². The quantitative estimate of drug-likeness (QED) is 0.244. The van der Waals surface area contributed by atoms with Crippen LogP contribution in [0.25, 0.3) is 33.4 Å². The summed E-state index contributed by atoms with van der Waals surface area (Å²) in [6.45, 7) is 0. The molecule has 6 heteroatoms. The van der Waals surface area contributed by atoms with Gasteiger partial charge in [-0.05, 0) is 44.5 Å². The van der Waals surface area contributed by atoms with Crippen molar-refractivity contribution in [3.05, 3.63) is 131 Å². The Kier molecular flexibility index (Phi) is 4.82.